The molecule has 2 rings (SSSR count). The molecule has 1 aliphatic heterocycles. The summed E-state index contributed by atoms with van der Waals surface area (Å²) in [5.41, 5.74) is 0. The zero-order valence-corrected chi connectivity index (χ0v) is 7.43. The molecule has 2 bridgehead atoms. The van der Waals surface area contributed by atoms with Crippen LogP contribution in [0.2, 0.25) is 0 Å². The molecule has 0 aromatic rings. The normalized spacial score (nSPS) is 35.7. The van der Waals surface area contributed by atoms with Crippen molar-refractivity contribution in [3.8, 4) is 0 Å². The number of carbonyl (C=O) groups excluding carboxylic acids is 2. The van der Waals surface area contributed by atoms with Gasteiger partial charge in [0.2, 0.25) is 5.12 Å². The Labute approximate surface area is 74.8 Å². The number of thioether (sulfide) groups is 1. The molecule has 1 aliphatic carbocycles. The third-order valence-electron chi connectivity index (χ3n) is 2.41. The molecule has 1 saturated heterocycles. The van der Waals surface area contributed by atoms with E-state index in [1.165, 1.54) is 0 Å². The van der Waals surface area contributed by atoms with E-state index in [1.807, 2.05) is 0 Å². The average molecular weight is 186 g/mol. The Kier molecular flexibility index (Phi) is 2.09. The van der Waals surface area contributed by atoms with E-state index < -0.39 is 5.30 Å². The van der Waals surface area contributed by atoms with Crippen LogP contribution in [0.3, 0.4) is 0 Å². The summed E-state index contributed by atoms with van der Waals surface area (Å²) in [6.07, 6.45) is 3.62. The van der Waals surface area contributed by atoms with Crippen molar-refractivity contribution in [2.75, 3.05) is 0 Å². The van der Waals surface area contributed by atoms with E-state index in [0.29, 0.717) is 0 Å². The van der Waals surface area contributed by atoms with Gasteiger partial charge in [-0.25, -0.2) is 4.79 Å². The molecule has 0 unspecified atom stereocenters. The van der Waals surface area contributed by atoms with Gasteiger partial charge in [0, 0.05) is 17.7 Å². The van der Waals surface area contributed by atoms with Crippen molar-refractivity contribution in [2.45, 2.75) is 31.8 Å². The molecule has 0 radical (unpaired) electrons. The third-order valence-corrected chi connectivity index (χ3v) is 3.20. The van der Waals surface area contributed by atoms with Crippen LogP contribution in [0, 0.1) is 5.92 Å². The SMILES string of the molecule is O=C1O[C@H]2CCC[C@H](C2)C(=O)S1. The lowest BCUT2D eigenvalue weighted by atomic mass is 9.88. The highest BCUT2D eigenvalue weighted by molar-refractivity contribution is 8.25. The molecule has 0 N–H and O–H groups in total. The first-order chi connectivity index (χ1) is 5.75. The average Bonchev–Trinajstić information content (AvgIpc) is 2.11. The van der Waals surface area contributed by atoms with Crippen LogP contribution in [0.1, 0.15) is 25.7 Å². The largest absolute Gasteiger partial charge is 0.454 e. The lowest BCUT2D eigenvalue weighted by Gasteiger charge is -2.23. The molecule has 0 spiro atoms. The van der Waals surface area contributed by atoms with E-state index in [4.69, 9.17) is 4.74 Å². The van der Waals surface area contributed by atoms with Crippen LogP contribution in [0.15, 0.2) is 0 Å². The number of rotatable bonds is 0. The summed E-state index contributed by atoms with van der Waals surface area (Å²) in [7, 11) is 0. The number of hydrogen-bond acceptors (Lipinski definition) is 4. The van der Waals surface area contributed by atoms with Gasteiger partial charge in [-0.3, -0.25) is 4.79 Å². The van der Waals surface area contributed by atoms with Crippen LogP contribution >= 0.6 is 11.8 Å². The fourth-order valence-corrected chi connectivity index (χ4v) is 2.52. The van der Waals surface area contributed by atoms with Crippen LogP contribution in [0.5, 0.6) is 0 Å². The monoisotopic (exact) mass is 186 g/mol. The highest BCUT2D eigenvalue weighted by Gasteiger charge is 2.34. The fourth-order valence-electron chi connectivity index (χ4n) is 1.79. The standard InChI is InChI=1S/C8H10O3S/c9-7-5-2-1-3-6(4-5)11-8(10)12-7/h5-6H,1-4H2/t5-,6+/m1/s1. The molecular weight excluding hydrogens is 176 g/mol. The van der Waals surface area contributed by atoms with Gasteiger partial charge in [-0.15, -0.1) is 0 Å². The second-order valence-corrected chi connectivity index (χ2v) is 4.21. The van der Waals surface area contributed by atoms with Crippen molar-refractivity contribution >= 4 is 22.2 Å². The van der Waals surface area contributed by atoms with Gasteiger partial charge < -0.3 is 4.74 Å². The Bertz CT molecular complexity index is 226. The van der Waals surface area contributed by atoms with E-state index in [9.17, 15) is 9.59 Å². The number of fused-ring (bicyclic) bond motifs is 2. The summed E-state index contributed by atoms with van der Waals surface area (Å²) in [4.78, 5) is 22.3. The molecule has 4 heteroatoms. The van der Waals surface area contributed by atoms with Crippen molar-refractivity contribution in [1.82, 2.24) is 0 Å². The zero-order valence-electron chi connectivity index (χ0n) is 6.62. The molecular formula is C8H10O3S. The van der Waals surface area contributed by atoms with Crippen LogP contribution in [0.25, 0.3) is 0 Å². The van der Waals surface area contributed by atoms with Gasteiger partial charge in [-0.2, -0.15) is 0 Å². The highest BCUT2D eigenvalue weighted by atomic mass is 32.2. The summed E-state index contributed by atoms with van der Waals surface area (Å²) in [5.74, 6) is 0.0696. The van der Waals surface area contributed by atoms with Crippen molar-refractivity contribution in [3.63, 3.8) is 0 Å². The molecule has 1 saturated carbocycles. The predicted molar refractivity (Wildman–Crippen MR) is 44.8 cm³/mol. The number of carbonyl (C=O) groups is 2. The lowest BCUT2D eigenvalue weighted by molar-refractivity contribution is -0.115. The molecule has 66 valence electrons. The van der Waals surface area contributed by atoms with Crippen molar-refractivity contribution < 1.29 is 14.3 Å². The van der Waals surface area contributed by atoms with E-state index >= 15 is 0 Å². The Morgan fingerprint density at radius 2 is 2.17 bits per heavy atom. The van der Waals surface area contributed by atoms with Gasteiger partial charge in [0.1, 0.15) is 6.10 Å². The maximum absolute atomic E-state index is 11.3. The van der Waals surface area contributed by atoms with E-state index in [0.717, 1.165) is 37.4 Å². The Morgan fingerprint density at radius 1 is 1.33 bits per heavy atom. The van der Waals surface area contributed by atoms with Gasteiger partial charge >= 0.3 is 5.30 Å². The molecule has 0 aromatic carbocycles. The molecule has 12 heavy (non-hydrogen) atoms. The molecule has 0 aromatic heterocycles. The van der Waals surface area contributed by atoms with Crippen LogP contribution in [-0.2, 0) is 9.53 Å². The van der Waals surface area contributed by atoms with Crippen LogP contribution in [-0.4, -0.2) is 16.5 Å². The molecule has 2 atom stereocenters. The van der Waals surface area contributed by atoms with Crippen LogP contribution < -0.4 is 0 Å². The Hall–Kier alpha value is -0.510. The first-order valence-electron chi connectivity index (χ1n) is 4.18. The molecule has 2 aliphatic rings. The minimum atomic E-state index is -0.408. The van der Waals surface area contributed by atoms with E-state index in [1.54, 1.807) is 0 Å². The highest BCUT2D eigenvalue weighted by Crippen LogP contribution is 2.34. The molecule has 2 fully saturated rings. The summed E-state index contributed by atoms with van der Waals surface area (Å²) < 4.78 is 5.06. The van der Waals surface area contributed by atoms with Gasteiger partial charge in [-0.1, -0.05) is 0 Å². The second-order valence-electron chi connectivity index (χ2n) is 3.27. The van der Waals surface area contributed by atoms with E-state index in [-0.39, 0.29) is 17.1 Å². The van der Waals surface area contributed by atoms with Gasteiger partial charge in [0.15, 0.2) is 0 Å². The van der Waals surface area contributed by atoms with Crippen LogP contribution in [0.4, 0.5) is 4.79 Å². The minimum absolute atomic E-state index is 0.00204. The summed E-state index contributed by atoms with van der Waals surface area (Å²) >= 11 is 0.738. The second kappa shape index (κ2) is 3.09. The van der Waals surface area contributed by atoms with E-state index in [2.05, 4.69) is 0 Å². The van der Waals surface area contributed by atoms with Gasteiger partial charge in [-0.05, 0) is 25.7 Å². The number of hydrogen-bond donors (Lipinski definition) is 0. The lowest BCUT2D eigenvalue weighted by Crippen LogP contribution is -2.23. The van der Waals surface area contributed by atoms with Gasteiger partial charge in [0.05, 0.1) is 0 Å². The predicted octanol–water partition coefficient (Wildman–Crippen LogP) is 1.96. The van der Waals surface area contributed by atoms with Gasteiger partial charge in [0.25, 0.3) is 0 Å². The molecule has 3 nitrogen and oxygen atoms in total. The van der Waals surface area contributed by atoms with Crippen molar-refractivity contribution in [1.29, 1.82) is 0 Å². The Morgan fingerprint density at radius 3 is 3.00 bits per heavy atom. The smallest absolute Gasteiger partial charge is 0.375 e. The zero-order chi connectivity index (χ0) is 8.55. The van der Waals surface area contributed by atoms with Crippen molar-refractivity contribution in [2.24, 2.45) is 5.92 Å². The topological polar surface area (TPSA) is 43.4 Å². The maximum atomic E-state index is 11.3. The number of ether oxygens (including phenoxy) is 1. The minimum Gasteiger partial charge on any atom is -0.454 e. The first-order valence-corrected chi connectivity index (χ1v) is 4.99. The first kappa shape index (κ1) is 8.10. The Balaban J connectivity index is 2.16. The molecule has 0 amide bonds. The molecule has 1 heterocycles. The fraction of sp³-hybridized carbons (Fsp3) is 0.750. The quantitative estimate of drug-likeness (QED) is 0.542. The summed E-state index contributed by atoms with van der Waals surface area (Å²) in [6.45, 7) is 0. The summed E-state index contributed by atoms with van der Waals surface area (Å²) in [5, 5.41) is -0.406. The third kappa shape index (κ3) is 1.48. The van der Waals surface area contributed by atoms with Crippen molar-refractivity contribution in [3.05, 3.63) is 0 Å². The summed E-state index contributed by atoms with van der Waals surface area (Å²) in [6, 6.07) is 0. The maximum Gasteiger partial charge on any atom is 0.375 e.